The quantitative estimate of drug-likeness (QED) is 0.886. The van der Waals surface area contributed by atoms with Crippen LogP contribution in [0.4, 0.5) is 5.69 Å². The summed E-state index contributed by atoms with van der Waals surface area (Å²) in [6.07, 6.45) is 7.88. The molecule has 1 aromatic heterocycles. The molecule has 1 aliphatic carbocycles. The molecule has 7 heteroatoms. The number of pyridine rings is 1. The molecule has 6 nitrogen and oxygen atoms in total. The van der Waals surface area contributed by atoms with Crippen molar-refractivity contribution in [3.05, 3.63) is 59.4 Å². The fourth-order valence-electron chi connectivity index (χ4n) is 2.98. The number of ether oxygens (including phenoxy) is 1. The van der Waals surface area contributed by atoms with Crippen LogP contribution in [0.15, 0.2) is 47.7 Å². The molecular formula is C18H16N4O2S. The van der Waals surface area contributed by atoms with E-state index in [9.17, 15) is 4.79 Å². The average molecular weight is 352 g/mol. The summed E-state index contributed by atoms with van der Waals surface area (Å²) >= 11 is 1.65. The third-order valence-corrected chi connectivity index (χ3v) is 5.33. The number of methoxy groups -OCH3 is 1. The smallest absolute Gasteiger partial charge is 0.248 e. The van der Waals surface area contributed by atoms with E-state index in [4.69, 9.17) is 15.5 Å². The Hall–Kier alpha value is -2.80. The maximum Gasteiger partial charge on any atom is 0.248 e. The first-order chi connectivity index (χ1) is 12.2. The van der Waals surface area contributed by atoms with Crippen LogP contribution in [-0.4, -0.2) is 28.4 Å². The minimum atomic E-state index is -0.482. The van der Waals surface area contributed by atoms with Gasteiger partial charge in [0.25, 0.3) is 0 Å². The van der Waals surface area contributed by atoms with Gasteiger partial charge in [0.05, 0.1) is 24.1 Å². The minimum absolute atomic E-state index is 0.0563. The highest BCUT2D eigenvalue weighted by atomic mass is 32.2. The molecule has 2 aromatic rings. The first-order valence-electron chi connectivity index (χ1n) is 7.77. The van der Waals surface area contributed by atoms with Gasteiger partial charge in [-0.05, 0) is 35.4 Å². The fraction of sp³-hybridized carbons (Fsp3) is 0.167. The zero-order chi connectivity index (χ0) is 17.4. The molecular weight excluding hydrogens is 336 g/mol. The van der Waals surface area contributed by atoms with Gasteiger partial charge in [-0.2, -0.15) is 0 Å². The van der Waals surface area contributed by atoms with Gasteiger partial charge in [0.15, 0.2) is 5.17 Å². The number of anilines is 1. The highest BCUT2D eigenvalue weighted by Gasteiger charge is 2.33. The van der Waals surface area contributed by atoms with Crippen molar-refractivity contribution in [2.24, 2.45) is 10.7 Å². The molecule has 0 radical (unpaired) electrons. The standard InChI is InChI=1S/C18H16N4O2S/c1-24-14-4-2-10(17(19)23)8-13(14)21-18-22-16-12-6-7-20-9-11(12)3-5-15(16)25-18/h2-9,15-16H,1H3,(H2,19,23)(H,21,22). The van der Waals surface area contributed by atoms with Gasteiger partial charge in [-0.1, -0.05) is 23.9 Å². The lowest BCUT2D eigenvalue weighted by molar-refractivity contribution is 0.100. The van der Waals surface area contributed by atoms with Crippen molar-refractivity contribution >= 4 is 34.6 Å². The number of carbonyl (C=O) groups excluding carboxylic acids is 1. The molecule has 0 saturated heterocycles. The Balaban J connectivity index is 1.64. The molecule has 1 aromatic carbocycles. The number of rotatable bonds is 3. The Morgan fingerprint density at radius 1 is 1.36 bits per heavy atom. The van der Waals surface area contributed by atoms with Crippen molar-refractivity contribution in [2.45, 2.75) is 11.3 Å². The lowest BCUT2D eigenvalue weighted by Crippen LogP contribution is -2.13. The zero-order valence-electron chi connectivity index (χ0n) is 13.5. The number of hydrogen-bond acceptors (Lipinski definition) is 6. The van der Waals surface area contributed by atoms with E-state index in [2.05, 4.69) is 22.5 Å². The molecule has 3 N–H and O–H groups in total. The molecule has 0 fully saturated rings. The number of primary amides is 1. The van der Waals surface area contributed by atoms with Crippen LogP contribution in [0.1, 0.15) is 27.5 Å². The van der Waals surface area contributed by atoms with Crippen LogP contribution in [0.2, 0.25) is 0 Å². The first kappa shape index (κ1) is 15.7. The summed E-state index contributed by atoms with van der Waals surface area (Å²) in [5, 5.41) is 4.29. The van der Waals surface area contributed by atoms with E-state index in [0.29, 0.717) is 17.0 Å². The molecule has 2 aliphatic rings. The predicted octanol–water partition coefficient (Wildman–Crippen LogP) is 2.84. The number of aliphatic imine (C=N–C) groups is 1. The highest BCUT2D eigenvalue weighted by molar-refractivity contribution is 8.15. The molecule has 2 atom stereocenters. The van der Waals surface area contributed by atoms with Crippen LogP contribution in [0.25, 0.3) is 6.08 Å². The van der Waals surface area contributed by atoms with Gasteiger partial charge < -0.3 is 15.8 Å². The summed E-state index contributed by atoms with van der Waals surface area (Å²) in [5.41, 5.74) is 8.73. The summed E-state index contributed by atoms with van der Waals surface area (Å²) in [7, 11) is 1.58. The van der Waals surface area contributed by atoms with E-state index in [1.165, 1.54) is 5.56 Å². The van der Waals surface area contributed by atoms with Crippen molar-refractivity contribution < 1.29 is 9.53 Å². The molecule has 4 rings (SSSR count). The molecule has 25 heavy (non-hydrogen) atoms. The molecule has 0 bridgehead atoms. The summed E-state index contributed by atoms with van der Waals surface area (Å²) in [6, 6.07) is 7.11. The second-order valence-electron chi connectivity index (χ2n) is 5.73. The van der Waals surface area contributed by atoms with E-state index in [0.717, 1.165) is 10.7 Å². The van der Waals surface area contributed by atoms with Crippen LogP contribution in [0.5, 0.6) is 5.75 Å². The van der Waals surface area contributed by atoms with E-state index < -0.39 is 5.91 Å². The number of amidine groups is 1. The van der Waals surface area contributed by atoms with Crippen molar-refractivity contribution in [2.75, 3.05) is 12.4 Å². The number of hydrogen-bond donors (Lipinski definition) is 2. The number of aromatic nitrogens is 1. The molecule has 0 spiro atoms. The summed E-state index contributed by atoms with van der Waals surface area (Å²) in [6.45, 7) is 0. The maximum absolute atomic E-state index is 11.4. The Labute approximate surface area is 149 Å². The fourth-order valence-corrected chi connectivity index (χ4v) is 4.07. The lowest BCUT2D eigenvalue weighted by atomic mass is 9.95. The monoisotopic (exact) mass is 352 g/mol. The largest absolute Gasteiger partial charge is 0.495 e. The SMILES string of the molecule is COc1ccc(C(N)=O)cc1NC1=NC2c3ccncc3C=CC2S1. The van der Waals surface area contributed by atoms with Crippen LogP contribution in [0, 0.1) is 0 Å². The molecule has 2 heterocycles. The summed E-state index contributed by atoms with van der Waals surface area (Å²) in [4.78, 5) is 20.4. The molecule has 126 valence electrons. The topological polar surface area (TPSA) is 89.6 Å². The van der Waals surface area contributed by atoms with Gasteiger partial charge in [0.2, 0.25) is 5.91 Å². The Kier molecular flexibility index (Phi) is 3.93. The summed E-state index contributed by atoms with van der Waals surface area (Å²) < 4.78 is 5.36. The normalized spacial score (nSPS) is 20.4. The second-order valence-corrected chi connectivity index (χ2v) is 6.90. The van der Waals surface area contributed by atoms with E-state index in [-0.39, 0.29) is 11.3 Å². The Morgan fingerprint density at radius 2 is 2.24 bits per heavy atom. The van der Waals surface area contributed by atoms with Crippen LogP contribution in [-0.2, 0) is 0 Å². The lowest BCUT2D eigenvalue weighted by Gasteiger charge is -2.19. The number of nitrogens with one attached hydrogen (secondary N) is 1. The molecule has 1 amide bonds. The van der Waals surface area contributed by atoms with Crippen LogP contribution in [0.3, 0.4) is 0 Å². The Morgan fingerprint density at radius 3 is 3.04 bits per heavy atom. The summed E-state index contributed by atoms with van der Waals surface area (Å²) in [5.74, 6) is 0.146. The van der Waals surface area contributed by atoms with E-state index >= 15 is 0 Å². The van der Waals surface area contributed by atoms with Crippen LogP contribution >= 0.6 is 11.8 Å². The van der Waals surface area contributed by atoms with Gasteiger partial charge in [-0.3, -0.25) is 14.8 Å². The predicted molar refractivity (Wildman–Crippen MR) is 100.0 cm³/mol. The van der Waals surface area contributed by atoms with Crippen molar-refractivity contribution in [1.82, 2.24) is 4.98 Å². The third kappa shape index (κ3) is 2.87. The molecule has 2 unspecified atom stereocenters. The maximum atomic E-state index is 11.4. The number of carbonyl (C=O) groups is 1. The average Bonchev–Trinajstić information content (AvgIpc) is 3.04. The van der Waals surface area contributed by atoms with Crippen LogP contribution < -0.4 is 15.8 Å². The number of fused-ring (bicyclic) bond motifs is 3. The number of thioether (sulfide) groups is 1. The van der Waals surface area contributed by atoms with Gasteiger partial charge in [0.1, 0.15) is 5.75 Å². The first-order valence-corrected chi connectivity index (χ1v) is 8.65. The minimum Gasteiger partial charge on any atom is -0.495 e. The second kappa shape index (κ2) is 6.25. The van der Waals surface area contributed by atoms with Crippen molar-refractivity contribution in [3.63, 3.8) is 0 Å². The zero-order valence-corrected chi connectivity index (χ0v) is 14.3. The van der Waals surface area contributed by atoms with Gasteiger partial charge >= 0.3 is 0 Å². The third-order valence-electron chi connectivity index (χ3n) is 4.21. The van der Waals surface area contributed by atoms with Crippen molar-refractivity contribution in [1.29, 1.82) is 0 Å². The number of nitrogens with zero attached hydrogens (tertiary/aromatic N) is 2. The van der Waals surface area contributed by atoms with E-state index in [1.807, 2.05) is 12.3 Å². The number of benzene rings is 1. The highest BCUT2D eigenvalue weighted by Crippen LogP contribution is 2.43. The Bertz CT molecular complexity index is 910. The van der Waals surface area contributed by atoms with Gasteiger partial charge in [0, 0.05) is 18.0 Å². The molecule has 1 aliphatic heterocycles. The van der Waals surface area contributed by atoms with E-state index in [1.54, 1.807) is 43.3 Å². The molecule has 0 saturated carbocycles. The van der Waals surface area contributed by atoms with Gasteiger partial charge in [-0.25, -0.2) is 0 Å². The van der Waals surface area contributed by atoms with Gasteiger partial charge in [-0.15, -0.1) is 0 Å². The number of amides is 1. The van der Waals surface area contributed by atoms with Crippen molar-refractivity contribution in [3.8, 4) is 5.75 Å². The number of nitrogens with two attached hydrogens (primary N) is 1.